The molecule has 1 saturated heterocycles. The summed E-state index contributed by atoms with van der Waals surface area (Å²) in [6.45, 7) is 4.48. The zero-order valence-corrected chi connectivity index (χ0v) is 20.7. The average Bonchev–Trinajstić information content (AvgIpc) is 3.41. The number of thiocarbonyl (C=S) groups is 1. The molecule has 0 saturated carbocycles. The van der Waals surface area contributed by atoms with Crippen LogP contribution in [0.5, 0.6) is 0 Å². The fraction of sp³-hybridized carbons (Fsp3) is 0.259. The van der Waals surface area contributed by atoms with Crippen LogP contribution in [0.2, 0.25) is 0 Å². The maximum atomic E-state index is 13.3. The van der Waals surface area contributed by atoms with E-state index in [4.69, 9.17) is 17.0 Å². The smallest absolute Gasteiger partial charge is 0.410 e. The van der Waals surface area contributed by atoms with Gasteiger partial charge < -0.3 is 19.9 Å². The van der Waals surface area contributed by atoms with Gasteiger partial charge in [-0.1, -0.05) is 54.6 Å². The number of benzene rings is 2. The van der Waals surface area contributed by atoms with Crippen molar-refractivity contribution in [1.29, 1.82) is 0 Å². The lowest BCUT2D eigenvalue weighted by Crippen LogP contribution is -2.60. The van der Waals surface area contributed by atoms with Crippen molar-refractivity contribution in [2.75, 3.05) is 24.5 Å². The molecule has 1 unspecified atom stereocenters. The maximum absolute atomic E-state index is 13.3. The van der Waals surface area contributed by atoms with Crippen molar-refractivity contribution >= 4 is 34.9 Å². The SMILES string of the molecule is CC1(c2ccccc2CN2C(=C=S)NC(=O)c3[nH]ccc32)CNCCN1C(=O)OCc1ccccc1. The summed E-state index contributed by atoms with van der Waals surface area (Å²) >= 11 is 5.09. The van der Waals surface area contributed by atoms with Crippen molar-refractivity contribution in [3.8, 4) is 0 Å². The summed E-state index contributed by atoms with van der Waals surface area (Å²) in [4.78, 5) is 32.5. The predicted octanol–water partition coefficient (Wildman–Crippen LogP) is 3.66. The van der Waals surface area contributed by atoms with Gasteiger partial charge in [-0.05, 0) is 46.9 Å². The number of hydrogen-bond donors (Lipinski definition) is 3. The van der Waals surface area contributed by atoms with Crippen molar-refractivity contribution in [3.63, 3.8) is 0 Å². The summed E-state index contributed by atoms with van der Waals surface area (Å²) in [7, 11) is 0. The molecule has 3 N–H and O–H groups in total. The largest absolute Gasteiger partial charge is 0.445 e. The summed E-state index contributed by atoms with van der Waals surface area (Å²) in [5.41, 5.74) is 3.48. The Morgan fingerprint density at radius 2 is 1.92 bits per heavy atom. The molecule has 0 bridgehead atoms. The first-order valence-electron chi connectivity index (χ1n) is 11.8. The molecule has 1 fully saturated rings. The van der Waals surface area contributed by atoms with Crippen molar-refractivity contribution in [3.05, 3.63) is 95.1 Å². The number of hydrogen-bond acceptors (Lipinski definition) is 6. The highest BCUT2D eigenvalue weighted by atomic mass is 32.1. The third kappa shape index (κ3) is 4.40. The van der Waals surface area contributed by atoms with Crippen LogP contribution in [0.3, 0.4) is 0 Å². The van der Waals surface area contributed by atoms with Gasteiger partial charge in [-0.15, -0.1) is 0 Å². The fourth-order valence-electron chi connectivity index (χ4n) is 4.92. The number of carbonyl (C=O) groups is 2. The first kappa shape index (κ1) is 23.8. The van der Waals surface area contributed by atoms with Crippen LogP contribution in [-0.2, 0) is 23.4 Å². The first-order chi connectivity index (χ1) is 17.5. The van der Waals surface area contributed by atoms with Crippen LogP contribution >= 0.6 is 12.2 Å². The van der Waals surface area contributed by atoms with Gasteiger partial charge in [-0.2, -0.15) is 0 Å². The van der Waals surface area contributed by atoms with Gasteiger partial charge >= 0.3 is 6.09 Å². The van der Waals surface area contributed by atoms with Gasteiger partial charge in [-0.25, -0.2) is 4.79 Å². The van der Waals surface area contributed by atoms with Gasteiger partial charge in [0, 0.05) is 25.8 Å². The van der Waals surface area contributed by atoms with E-state index in [1.165, 1.54) is 0 Å². The molecular formula is C27H27N5O3S. The monoisotopic (exact) mass is 501 g/mol. The zero-order valence-electron chi connectivity index (χ0n) is 19.9. The topological polar surface area (TPSA) is 89.7 Å². The summed E-state index contributed by atoms with van der Waals surface area (Å²) in [6, 6.07) is 19.5. The van der Waals surface area contributed by atoms with E-state index < -0.39 is 5.54 Å². The van der Waals surface area contributed by atoms with Gasteiger partial charge in [-0.3, -0.25) is 15.0 Å². The number of fused-ring (bicyclic) bond motifs is 1. The van der Waals surface area contributed by atoms with Gasteiger partial charge in [0.25, 0.3) is 5.91 Å². The summed E-state index contributed by atoms with van der Waals surface area (Å²) < 4.78 is 5.73. The number of piperazine rings is 1. The van der Waals surface area contributed by atoms with Crippen LogP contribution in [0.25, 0.3) is 0 Å². The molecule has 0 spiro atoms. The molecule has 2 aliphatic heterocycles. The second-order valence-electron chi connectivity index (χ2n) is 9.03. The van der Waals surface area contributed by atoms with E-state index >= 15 is 0 Å². The number of rotatable bonds is 5. The van der Waals surface area contributed by atoms with Gasteiger partial charge in [0.15, 0.2) is 5.82 Å². The molecule has 1 atom stereocenters. The molecule has 3 heterocycles. The molecule has 8 nitrogen and oxygen atoms in total. The Balaban J connectivity index is 1.45. The van der Waals surface area contributed by atoms with Gasteiger partial charge in [0.05, 0.1) is 17.8 Å². The maximum Gasteiger partial charge on any atom is 0.410 e. The molecule has 3 aromatic rings. The number of nitrogens with zero attached hydrogens (tertiary/aromatic N) is 2. The van der Waals surface area contributed by atoms with Crippen molar-refractivity contribution < 1.29 is 14.3 Å². The lowest BCUT2D eigenvalue weighted by atomic mass is 9.85. The Kier molecular flexibility index (Phi) is 6.61. The van der Waals surface area contributed by atoms with Crippen LogP contribution in [0.15, 0.2) is 72.7 Å². The predicted molar refractivity (Wildman–Crippen MR) is 141 cm³/mol. The molecule has 9 heteroatoms. The van der Waals surface area contributed by atoms with Crippen molar-refractivity contribution in [2.24, 2.45) is 0 Å². The highest BCUT2D eigenvalue weighted by Gasteiger charge is 2.42. The molecule has 5 rings (SSSR count). The van der Waals surface area contributed by atoms with E-state index in [1.807, 2.05) is 65.6 Å². The van der Waals surface area contributed by atoms with Crippen LogP contribution in [0.1, 0.15) is 34.1 Å². The lowest BCUT2D eigenvalue weighted by molar-refractivity contribution is 0.0365. The second kappa shape index (κ2) is 9.99. The minimum absolute atomic E-state index is 0.216. The number of anilines is 1. The van der Waals surface area contributed by atoms with Crippen LogP contribution in [0, 0.1) is 0 Å². The number of H-pyrrole nitrogens is 1. The van der Waals surface area contributed by atoms with E-state index in [1.54, 1.807) is 11.1 Å². The molecule has 1 aromatic heterocycles. The highest BCUT2D eigenvalue weighted by Crippen LogP contribution is 2.35. The number of nitrogens with one attached hydrogen (secondary N) is 3. The van der Waals surface area contributed by atoms with E-state index in [2.05, 4.69) is 27.6 Å². The van der Waals surface area contributed by atoms with Gasteiger partial charge in [0.2, 0.25) is 0 Å². The van der Waals surface area contributed by atoms with Crippen LogP contribution < -0.4 is 15.5 Å². The van der Waals surface area contributed by atoms with E-state index in [9.17, 15) is 9.59 Å². The molecule has 2 aromatic carbocycles. The molecule has 0 radical (unpaired) electrons. The Bertz CT molecular complexity index is 1330. The third-order valence-corrected chi connectivity index (χ3v) is 6.96. The van der Waals surface area contributed by atoms with E-state index in [-0.39, 0.29) is 18.6 Å². The molecule has 36 heavy (non-hydrogen) atoms. The minimum Gasteiger partial charge on any atom is -0.445 e. The number of aromatic amines is 1. The highest BCUT2D eigenvalue weighted by molar-refractivity contribution is 7.78. The standard InChI is InChI=1S/C27H27N5O3S/c1-27(18-28-13-14-32(27)26(34)35-16-19-7-3-2-4-8-19)21-10-6-5-9-20(21)15-31-22-11-12-29-24(22)25(33)30-23(31)17-36/h2-12,28-29H,13-16,18H2,1H3,(H,30,33). The lowest BCUT2D eigenvalue weighted by Gasteiger charge is -2.46. The van der Waals surface area contributed by atoms with Crippen LogP contribution in [0.4, 0.5) is 10.5 Å². The summed E-state index contributed by atoms with van der Waals surface area (Å²) in [6.07, 6.45) is 1.38. The first-order valence-corrected chi connectivity index (χ1v) is 12.2. The van der Waals surface area contributed by atoms with Crippen molar-refractivity contribution in [1.82, 2.24) is 20.5 Å². The molecular weight excluding hydrogens is 474 g/mol. The fourth-order valence-corrected chi connectivity index (χ4v) is 5.08. The minimum atomic E-state index is -0.649. The Hall–Kier alpha value is -3.91. The Labute approximate surface area is 214 Å². The quantitative estimate of drug-likeness (QED) is 0.463. The summed E-state index contributed by atoms with van der Waals surface area (Å²) in [5, 5.41) is 8.93. The third-order valence-electron chi connectivity index (χ3n) is 6.77. The Morgan fingerprint density at radius 3 is 2.72 bits per heavy atom. The average molecular weight is 502 g/mol. The Morgan fingerprint density at radius 1 is 1.14 bits per heavy atom. The zero-order chi connectivity index (χ0) is 25.1. The van der Waals surface area contributed by atoms with E-state index in [0.29, 0.717) is 37.7 Å². The van der Waals surface area contributed by atoms with Crippen LogP contribution in [-0.4, -0.2) is 46.5 Å². The molecule has 0 aliphatic carbocycles. The molecule has 2 amide bonds. The summed E-state index contributed by atoms with van der Waals surface area (Å²) in [5.74, 6) is 0.172. The van der Waals surface area contributed by atoms with E-state index in [0.717, 1.165) is 22.4 Å². The number of ether oxygens (including phenoxy) is 1. The number of amides is 2. The number of aromatic nitrogens is 1. The number of carbonyl (C=O) groups excluding carboxylic acids is 2. The molecule has 184 valence electrons. The van der Waals surface area contributed by atoms with Crippen molar-refractivity contribution in [2.45, 2.75) is 25.6 Å². The van der Waals surface area contributed by atoms with Gasteiger partial charge in [0.1, 0.15) is 12.3 Å². The molecule has 2 aliphatic rings. The second-order valence-corrected chi connectivity index (χ2v) is 9.23. The normalized spacial score (nSPS) is 19.4.